The van der Waals surface area contributed by atoms with Gasteiger partial charge in [-0.3, -0.25) is 4.79 Å². The van der Waals surface area contributed by atoms with E-state index in [-0.39, 0.29) is 11.9 Å². The molecule has 0 spiro atoms. The Balaban J connectivity index is 1.61. The lowest BCUT2D eigenvalue weighted by molar-refractivity contribution is -0.127. The highest BCUT2D eigenvalue weighted by Gasteiger charge is 2.19. The molecular weight excluding hydrogens is 387 g/mol. The molecule has 2 atom stereocenters. The highest BCUT2D eigenvalue weighted by molar-refractivity contribution is 6.35. The van der Waals surface area contributed by atoms with Crippen molar-refractivity contribution in [3.8, 4) is 11.4 Å². The molecule has 0 bridgehead atoms. The average Bonchev–Trinajstić information content (AvgIpc) is 3.18. The summed E-state index contributed by atoms with van der Waals surface area (Å²) in [5.74, 6) is 0.169. The lowest BCUT2D eigenvalue weighted by Gasteiger charge is -2.19. The third-order valence-electron chi connectivity index (χ3n) is 4.00. The quantitative estimate of drug-likeness (QED) is 0.667. The van der Waals surface area contributed by atoms with Gasteiger partial charge in [0.05, 0.1) is 16.8 Å². The molecule has 1 heterocycles. The van der Waals surface area contributed by atoms with Gasteiger partial charge in [0.1, 0.15) is 18.4 Å². The van der Waals surface area contributed by atoms with Crippen LogP contribution in [0.5, 0.6) is 5.75 Å². The third-order valence-corrected chi connectivity index (χ3v) is 4.53. The van der Waals surface area contributed by atoms with Crippen molar-refractivity contribution in [2.45, 2.75) is 26.0 Å². The van der Waals surface area contributed by atoms with Gasteiger partial charge in [-0.05, 0) is 49.7 Å². The molecule has 140 valence electrons. The molecule has 0 radical (unpaired) electrons. The summed E-state index contributed by atoms with van der Waals surface area (Å²) in [6.45, 7) is 3.57. The Bertz CT molecular complexity index is 914. The maximum atomic E-state index is 12.4. The Hall–Kier alpha value is -2.57. The van der Waals surface area contributed by atoms with Gasteiger partial charge in [-0.1, -0.05) is 35.3 Å². The van der Waals surface area contributed by atoms with Crippen LogP contribution >= 0.6 is 23.2 Å². The first-order chi connectivity index (χ1) is 12.9. The lowest BCUT2D eigenvalue weighted by Crippen LogP contribution is -2.37. The van der Waals surface area contributed by atoms with Crippen molar-refractivity contribution in [3.05, 3.63) is 70.7 Å². The summed E-state index contributed by atoms with van der Waals surface area (Å²) in [5, 5.41) is 7.89. The summed E-state index contributed by atoms with van der Waals surface area (Å²) in [7, 11) is 0. The number of benzene rings is 2. The van der Waals surface area contributed by atoms with Crippen LogP contribution in [0.15, 0.2) is 55.1 Å². The number of carbonyl (C=O) groups excluding carboxylic acids is 1. The van der Waals surface area contributed by atoms with Crippen molar-refractivity contribution in [1.82, 2.24) is 20.1 Å². The van der Waals surface area contributed by atoms with E-state index in [1.165, 1.54) is 6.33 Å². The number of halogens is 2. The largest absolute Gasteiger partial charge is 0.479 e. The summed E-state index contributed by atoms with van der Waals surface area (Å²) in [6, 6.07) is 12.4. The summed E-state index contributed by atoms with van der Waals surface area (Å²) in [5.41, 5.74) is 1.85. The van der Waals surface area contributed by atoms with Crippen LogP contribution in [-0.2, 0) is 4.79 Å². The minimum absolute atomic E-state index is 0.186. The van der Waals surface area contributed by atoms with E-state index in [4.69, 9.17) is 27.9 Å². The summed E-state index contributed by atoms with van der Waals surface area (Å²) >= 11 is 12.0. The molecule has 1 amide bonds. The molecule has 0 aliphatic carbocycles. The molecule has 27 heavy (non-hydrogen) atoms. The van der Waals surface area contributed by atoms with Gasteiger partial charge in [0.15, 0.2) is 6.10 Å². The van der Waals surface area contributed by atoms with Gasteiger partial charge in [0.25, 0.3) is 5.91 Å². The van der Waals surface area contributed by atoms with Crippen LogP contribution in [0.25, 0.3) is 5.69 Å². The van der Waals surface area contributed by atoms with Crippen LogP contribution < -0.4 is 10.1 Å². The first kappa shape index (κ1) is 19.2. The predicted molar refractivity (Wildman–Crippen MR) is 104 cm³/mol. The second kappa shape index (κ2) is 8.41. The smallest absolute Gasteiger partial charge is 0.261 e. The van der Waals surface area contributed by atoms with E-state index in [9.17, 15) is 4.79 Å². The van der Waals surface area contributed by atoms with E-state index in [1.807, 2.05) is 31.2 Å². The van der Waals surface area contributed by atoms with Crippen molar-refractivity contribution in [1.29, 1.82) is 0 Å². The van der Waals surface area contributed by atoms with Gasteiger partial charge in [0, 0.05) is 5.02 Å². The SMILES string of the molecule is CC(Oc1ccc(Cl)cc1Cl)C(=O)NC(C)c1ccc(-n2cncn2)cc1. The molecule has 3 rings (SSSR count). The summed E-state index contributed by atoms with van der Waals surface area (Å²) in [4.78, 5) is 16.4. The third kappa shape index (κ3) is 4.78. The summed E-state index contributed by atoms with van der Waals surface area (Å²) in [6.07, 6.45) is 2.40. The Morgan fingerprint density at radius 2 is 1.89 bits per heavy atom. The molecule has 1 aromatic heterocycles. The zero-order valence-corrected chi connectivity index (χ0v) is 16.3. The van der Waals surface area contributed by atoms with Crippen LogP contribution in [-0.4, -0.2) is 26.8 Å². The van der Waals surface area contributed by atoms with Gasteiger partial charge in [0.2, 0.25) is 0 Å². The molecule has 0 aliphatic heterocycles. The number of hydrogen-bond donors (Lipinski definition) is 1. The standard InChI is InChI=1S/C19H18Cl2N4O2/c1-12(14-3-6-16(7-4-14)25-11-22-10-23-25)24-19(26)13(2)27-18-8-5-15(20)9-17(18)21/h3-13H,1-2H3,(H,24,26). The number of nitrogens with zero attached hydrogens (tertiary/aromatic N) is 3. The molecule has 2 unspecified atom stereocenters. The normalized spacial score (nSPS) is 13.0. The highest BCUT2D eigenvalue weighted by Crippen LogP contribution is 2.28. The van der Waals surface area contributed by atoms with Crippen molar-refractivity contribution in [2.24, 2.45) is 0 Å². The average molecular weight is 405 g/mol. The Kier molecular flexibility index (Phi) is 5.98. The Morgan fingerprint density at radius 3 is 2.52 bits per heavy atom. The van der Waals surface area contributed by atoms with Gasteiger partial charge in [-0.2, -0.15) is 5.10 Å². The van der Waals surface area contributed by atoms with Crippen LogP contribution in [0, 0.1) is 0 Å². The minimum Gasteiger partial charge on any atom is -0.479 e. The van der Waals surface area contributed by atoms with E-state index in [2.05, 4.69) is 15.4 Å². The minimum atomic E-state index is -0.708. The second-order valence-electron chi connectivity index (χ2n) is 6.00. The van der Waals surface area contributed by atoms with E-state index in [0.29, 0.717) is 15.8 Å². The zero-order valence-electron chi connectivity index (χ0n) is 14.8. The maximum absolute atomic E-state index is 12.4. The van der Waals surface area contributed by atoms with Gasteiger partial charge in [-0.25, -0.2) is 9.67 Å². The fraction of sp³-hybridized carbons (Fsp3) is 0.211. The predicted octanol–water partition coefficient (Wildman–Crippen LogP) is 4.22. The lowest BCUT2D eigenvalue weighted by atomic mass is 10.1. The van der Waals surface area contributed by atoms with Gasteiger partial charge < -0.3 is 10.1 Å². The number of amides is 1. The summed E-state index contributed by atoms with van der Waals surface area (Å²) < 4.78 is 7.31. The number of carbonyl (C=O) groups is 1. The number of hydrogen-bond acceptors (Lipinski definition) is 4. The number of rotatable bonds is 6. The van der Waals surface area contributed by atoms with Crippen LogP contribution in [0.3, 0.4) is 0 Å². The number of nitrogens with one attached hydrogen (secondary N) is 1. The molecule has 8 heteroatoms. The molecular formula is C19H18Cl2N4O2. The van der Waals surface area contributed by atoms with Crippen molar-refractivity contribution in [2.75, 3.05) is 0 Å². The van der Waals surface area contributed by atoms with Gasteiger partial charge >= 0.3 is 0 Å². The fourth-order valence-corrected chi connectivity index (χ4v) is 2.94. The molecule has 2 aromatic carbocycles. The monoisotopic (exact) mass is 404 g/mol. The first-order valence-corrected chi connectivity index (χ1v) is 9.06. The topological polar surface area (TPSA) is 69.0 Å². The highest BCUT2D eigenvalue weighted by atomic mass is 35.5. The first-order valence-electron chi connectivity index (χ1n) is 8.31. The molecule has 3 aromatic rings. The van der Waals surface area contributed by atoms with Crippen molar-refractivity contribution >= 4 is 29.1 Å². The molecule has 0 fully saturated rings. The molecule has 0 aliphatic rings. The zero-order chi connectivity index (χ0) is 19.4. The van der Waals surface area contributed by atoms with Crippen molar-refractivity contribution in [3.63, 3.8) is 0 Å². The van der Waals surface area contributed by atoms with E-state index < -0.39 is 6.10 Å². The Labute approximate surface area is 167 Å². The van der Waals surface area contributed by atoms with E-state index in [0.717, 1.165) is 11.3 Å². The van der Waals surface area contributed by atoms with Gasteiger partial charge in [-0.15, -0.1) is 0 Å². The second-order valence-corrected chi connectivity index (χ2v) is 6.84. The van der Waals surface area contributed by atoms with Crippen LogP contribution in [0.2, 0.25) is 10.0 Å². The molecule has 0 saturated carbocycles. The number of ether oxygens (including phenoxy) is 1. The van der Waals surface area contributed by atoms with E-state index >= 15 is 0 Å². The fourth-order valence-electron chi connectivity index (χ4n) is 2.49. The molecule has 6 nitrogen and oxygen atoms in total. The van der Waals surface area contributed by atoms with Crippen LogP contribution in [0.4, 0.5) is 0 Å². The Morgan fingerprint density at radius 1 is 1.15 bits per heavy atom. The van der Waals surface area contributed by atoms with Crippen LogP contribution in [0.1, 0.15) is 25.5 Å². The number of aromatic nitrogens is 3. The van der Waals surface area contributed by atoms with Crippen molar-refractivity contribution < 1.29 is 9.53 Å². The van der Waals surface area contributed by atoms with E-state index in [1.54, 1.807) is 36.1 Å². The molecule has 1 N–H and O–H groups in total. The maximum Gasteiger partial charge on any atom is 0.261 e. The molecule has 0 saturated heterocycles.